The fourth-order valence-corrected chi connectivity index (χ4v) is 1.82. The van der Waals surface area contributed by atoms with Crippen molar-refractivity contribution >= 4 is 0 Å². The highest BCUT2D eigenvalue weighted by Crippen LogP contribution is 2.19. The van der Waals surface area contributed by atoms with E-state index in [1.807, 2.05) is 6.07 Å². The molecule has 3 nitrogen and oxygen atoms in total. The number of hydrogen-bond acceptors (Lipinski definition) is 3. The van der Waals surface area contributed by atoms with E-state index in [-0.39, 0.29) is 5.54 Å². The highest BCUT2D eigenvalue weighted by molar-refractivity contribution is 5.14. The van der Waals surface area contributed by atoms with E-state index in [1.165, 1.54) is 5.56 Å². The molecule has 1 atom stereocenters. The normalized spacial score (nSPS) is 14.9. The van der Waals surface area contributed by atoms with E-state index in [4.69, 9.17) is 10.5 Å². The number of methoxy groups -OCH3 is 1. The van der Waals surface area contributed by atoms with Gasteiger partial charge >= 0.3 is 0 Å². The van der Waals surface area contributed by atoms with Gasteiger partial charge in [0, 0.05) is 32.3 Å². The van der Waals surface area contributed by atoms with E-state index in [2.05, 4.69) is 43.1 Å². The Bertz CT molecular complexity index is 315. The zero-order valence-electron chi connectivity index (χ0n) is 11.1. The van der Waals surface area contributed by atoms with Crippen molar-refractivity contribution in [1.29, 1.82) is 0 Å². The third kappa shape index (κ3) is 4.11. The van der Waals surface area contributed by atoms with E-state index in [9.17, 15) is 0 Å². The molecule has 0 aliphatic carbocycles. The smallest absolute Gasteiger partial charge is 0.0480 e. The molecule has 1 aromatic carbocycles. The number of rotatable bonds is 7. The zero-order chi connectivity index (χ0) is 12.7. The van der Waals surface area contributed by atoms with Crippen LogP contribution in [0.3, 0.4) is 0 Å². The van der Waals surface area contributed by atoms with Crippen molar-refractivity contribution in [3.63, 3.8) is 0 Å². The van der Waals surface area contributed by atoms with Gasteiger partial charge in [-0.25, -0.2) is 0 Å². The Labute approximate surface area is 105 Å². The van der Waals surface area contributed by atoms with Gasteiger partial charge in [0.25, 0.3) is 0 Å². The predicted molar refractivity (Wildman–Crippen MR) is 71.9 cm³/mol. The summed E-state index contributed by atoms with van der Waals surface area (Å²) in [6, 6.07) is 10.5. The van der Waals surface area contributed by atoms with Crippen molar-refractivity contribution in [3.8, 4) is 0 Å². The third-order valence-corrected chi connectivity index (χ3v) is 3.47. The summed E-state index contributed by atoms with van der Waals surface area (Å²) in [7, 11) is 3.85. The van der Waals surface area contributed by atoms with Crippen LogP contribution in [0.1, 0.15) is 18.9 Å². The van der Waals surface area contributed by atoms with Gasteiger partial charge in [0.05, 0.1) is 0 Å². The summed E-state index contributed by atoms with van der Waals surface area (Å²) >= 11 is 0. The maximum Gasteiger partial charge on any atom is 0.0480 e. The minimum Gasteiger partial charge on any atom is -0.385 e. The molecule has 0 spiro atoms. The van der Waals surface area contributed by atoms with Crippen LogP contribution in [0.25, 0.3) is 0 Å². The topological polar surface area (TPSA) is 38.5 Å². The van der Waals surface area contributed by atoms with Crippen molar-refractivity contribution < 1.29 is 4.74 Å². The quantitative estimate of drug-likeness (QED) is 0.785. The van der Waals surface area contributed by atoms with Crippen LogP contribution in [0.5, 0.6) is 0 Å². The zero-order valence-corrected chi connectivity index (χ0v) is 11.1. The summed E-state index contributed by atoms with van der Waals surface area (Å²) in [4.78, 5) is 2.31. The molecule has 0 aliphatic rings. The average molecular weight is 236 g/mol. The molecule has 0 saturated carbocycles. The van der Waals surface area contributed by atoms with Crippen LogP contribution >= 0.6 is 0 Å². The lowest BCUT2D eigenvalue weighted by Gasteiger charge is -2.38. The van der Waals surface area contributed by atoms with Crippen LogP contribution in [0.15, 0.2) is 30.3 Å². The van der Waals surface area contributed by atoms with E-state index in [0.717, 1.165) is 19.6 Å². The standard InChI is InChI=1S/C14H24N2O/c1-14(12-15,9-10-17-3)16(2)11-13-7-5-4-6-8-13/h4-8H,9-12,15H2,1-3H3. The third-order valence-electron chi connectivity index (χ3n) is 3.47. The summed E-state index contributed by atoms with van der Waals surface area (Å²) in [5, 5.41) is 0. The van der Waals surface area contributed by atoms with Gasteiger partial charge in [-0.2, -0.15) is 0 Å². The van der Waals surface area contributed by atoms with E-state index in [1.54, 1.807) is 7.11 Å². The summed E-state index contributed by atoms with van der Waals surface area (Å²) in [6.45, 7) is 4.49. The van der Waals surface area contributed by atoms with E-state index in [0.29, 0.717) is 6.54 Å². The molecule has 0 fully saturated rings. The number of likely N-dealkylation sites (N-methyl/N-ethyl adjacent to an activating group) is 1. The molecule has 3 heteroatoms. The lowest BCUT2D eigenvalue weighted by atomic mass is 9.96. The Morgan fingerprint density at radius 1 is 1.29 bits per heavy atom. The van der Waals surface area contributed by atoms with Crippen molar-refractivity contribution in [3.05, 3.63) is 35.9 Å². The minimum atomic E-state index is -0.00808. The number of benzene rings is 1. The summed E-state index contributed by atoms with van der Waals surface area (Å²) in [5.74, 6) is 0. The molecule has 17 heavy (non-hydrogen) atoms. The van der Waals surface area contributed by atoms with Gasteiger partial charge in [-0.15, -0.1) is 0 Å². The highest BCUT2D eigenvalue weighted by Gasteiger charge is 2.27. The first kappa shape index (κ1) is 14.2. The Balaban J connectivity index is 2.63. The second-order valence-corrected chi connectivity index (χ2v) is 4.79. The SMILES string of the molecule is COCCC(C)(CN)N(C)Cc1ccccc1. The predicted octanol–water partition coefficient (Wildman–Crippen LogP) is 1.87. The first-order chi connectivity index (χ1) is 8.12. The number of nitrogens with two attached hydrogens (primary N) is 1. The van der Waals surface area contributed by atoms with Gasteiger partial charge in [-0.05, 0) is 26.0 Å². The number of hydrogen-bond donors (Lipinski definition) is 1. The van der Waals surface area contributed by atoms with Gasteiger partial charge < -0.3 is 10.5 Å². The van der Waals surface area contributed by atoms with Gasteiger partial charge in [-0.3, -0.25) is 4.90 Å². The second kappa shape index (κ2) is 6.74. The second-order valence-electron chi connectivity index (χ2n) is 4.79. The molecule has 0 aliphatic heterocycles. The largest absolute Gasteiger partial charge is 0.385 e. The average Bonchev–Trinajstić information content (AvgIpc) is 2.37. The Kier molecular flexibility index (Phi) is 5.62. The maximum absolute atomic E-state index is 5.91. The maximum atomic E-state index is 5.91. The summed E-state index contributed by atoms with van der Waals surface area (Å²) in [5.41, 5.74) is 7.21. The molecule has 0 aromatic heterocycles. The molecule has 0 heterocycles. The van der Waals surface area contributed by atoms with Gasteiger partial charge in [-0.1, -0.05) is 30.3 Å². The molecule has 0 radical (unpaired) electrons. The Hall–Kier alpha value is -0.900. The molecule has 1 aromatic rings. The van der Waals surface area contributed by atoms with Crippen molar-refractivity contribution in [2.75, 3.05) is 27.3 Å². The lowest BCUT2D eigenvalue weighted by molar-refractivity contribution is 0.0839. The Morgan fingerprint density at radius 2 is 1.94 bits per heavy atom. The monoisotopic (exact) mass is 236 g/mol. The van der Waals surface area contributed by atoms with Crippen LogP contribution in [0.4, 0.5) is 0 Å². The summed E-state index contributed by atoms with van der Waals surface area (Å²) in [6.07, 6.45) is 0.948. The fraction of sp³-hybridized carbons (Fsp3) is 0.571. The van der Waals surface area contributed by atoms with Crippen LogP contribution in [0.2, 0.25) is 0 Å². The molecule has 0 amide bonds. The van der Waals surface area contributed by atoms with Crippen molar-refractivity contribution in [2.45, 2.75) is 25.4 Å². The highest BCUT2D eigenvalue weighted by atomic mass is 16.5. The summed E-state index contributed by atoms with van der Waals surface area (Å²) < 4.78 is 5.16. The van der Waals surface area contributed by atoms with Crippen LogP contribution in [-0.2, 0) is 11.3 Å². The van der Waals surface area contributed by atoms with Gasteiger partial charge in [0.15, 0.2) is 0 Å². The molecular formula is C14H24N2O. The van der Waals surface area contributed by atoms with E-state index < -0.39 is 0 Å². The van der Waals surface area contributed by atoms with Crippen LogP contribution in [-0.4, -0.2) is 37.7 Å². The molecule has 0 saturated heterocycles. The van der Waals surface area contributed by atoms with Crippen LogP contribution in [0, 0.1) is 0 Å². The van der Waals surface area contributed by atoms with Crippen molar-refractivity contribution in [1.82, 2.24) is 4.90 Å². The van der Waals surface area contributed by atoms with E-state index >= 15 is 0 Å². The number of nitrogens with zero attached hydrogens (tertiary/aromatic N) is 1. The first-order valence-electron chi connectivity index (χ1n) is 6.06. The minimum absolute atomic E-state index is 0.00808. The molecular weight excluding hydrogens is 212 g/mol. The fourth-order valence-electron chi connectivity index (χ4n) is 1.82. The molecule has 96 valence electrons. The molecule has 1 unspecified atom stereocenters. The number of ether oxygens (including phenoxy) is 1. The lowest BCUT2D eigenvalue weighted by Crippen LogP contribution is -2.49. The van der Waals surface area contributed by atoms with Crippen LogP contribution < -0.4 is 5.73 Å². The van der Waals surface area contributed by atoms with Gasteiger partial charge in [0.2, 0.25) is 0 Å². The molecule has 1 rings (SSSR count). The van der Waals surface area contributed by atoms with Gasteiger partial charge in [0.1, 0.15) is 0 Å². The first-order valence-corrected chi connectivity index (χ1v) is 6.06. The molecule has 2 N–H and O–H groups in total. The van der Waals surface area contributed by atoms with Crippen molar-refractivity contribution in [2.24, 2.45) is 5.73 Å². The Morgan fingerprint density at radius 3 is 2.47 bits per heavy atom. The molecule has 0 bridgehead atoms.